The van der Waals surface area contributed by atoms with E-state index in [2.05, 4.69) is 20.7 Å². The van der Waals surface area contributed by atoms with Crippen LogP contribution < -0.4 is 10.5 Å². The SMILES string of the molecule is NC1CC(NS(=O)(=O)c2ccc(Br)cc2)C1. The zero-order valence-corrected chi connectivity index (χ0v) is 11.0. The number of nitrogens with one attached hydrogen (secondary N) is 1. The lowest BCUT2D eigenvalue weighted by atomic mass is 9.89. The molecule has 1 fully saturated rings. The maximum atomic E-state index is 11.9. The molecule has 1 aromatic rings. The van der Waals surface area contributed by atoms with E-state index in [0.717, 1.165) is 17.3 Å². The van der Waals surface area contributed by atoms with Crippen LogP contribution in [0.5, 0.6) is 0 Å². The minimum atomic E-state index is -3.39. The molecule has 1 aromatic carbocycles. The van der Waals surface area contributed by atoms with E-state index < -0.39 is 10.0 Å². The van der Waals surface area contributed by atoms with Gasteiger partial charge in [0.25, 0.3) is 0 Å². The molecule has 0 saturated heterocycles. The molecule has 1 aliphatic rings. The fourth-order valence-corrected chi connectivity index (χ4v) is 3.19. The van der Waals surface area contributed by atoms with Crippen molar-refractivity contribution in [1.82, 2.24) is 4.72 Å². The highest BCUT2D eigenvalue weighted by atomic mass is 79.9. The Morgan fingerprint density at radius 1 is 1.25 bits per heavy atom. The summed E-state index contributed by atoms with van der Waals surface area (Å²) in [5.74, 6) is 0. The zero-order valence-electron chi connectivity index (χ0n) is 8.56. The molecule has 0 aromatic heterocycles. The van der Waals surface area contributed by atoms with E-state index in [1.165, 1.54) is 0 Å². The molecule has 0 heterocycles. The predicted octanol–water partition coefficient (Wildman–Crippen LogP) is 1.22. The Morgan fingerprint density at radius 2 is 1.81 bits per heavy atom. The standard InChI is InChI=1S/C10H13BrN2O2S/c11-7-1-3-10(4-2-7)16(14,15)13-9-5-8(12)6-9/h1-4,8-9,13H,5-6,12H2. The second-order valence-electron chi connectivity index (χ2n) is 4.00. The largest absolute Gasteiger partial charge is 0.328 e. The third kappa shape index (κ3) is 2.63. The molecular formula is C10H13BrN2O2S. The lowest BCUT2D eigenvalue weighted by Crippen LogP contribution is -2.50. The molecule has 0 spiro atoms. The lowest BCUT2D eigenvalue weighted by molar-refractivity contribution is 0.327. The van der Waals surface area contributed by atoms with E-state index in [1.54, 1.807) is 24.3 Å². The molecule has 3 N–H and O–H groups in total. The summed E-state index contributed by atoms with van der Waals surface area (Å²) in [6.07, 6.45) is 1.44. The first kappa shape index (κ1) is 12.0. The van der Waals surface area contributed by atoms with Crippen molar-refractivity contribution in [2.24, 2.45) is 5.73 Å². The van der Waals surface area contributed by atoms with Crippen LogP contribution in [0.4, 0.5) is 0 Å². The quantitative estimate of drug-likeness (QED) is 0.882. The van der Waals surface area contributed by atoms with Gasteiger partial charge in [-0.25, -0.2) is 13.1 Å². The van der Waals surface area contributed by atoms with Crippen molar-refractivity contribution in [2.45, 2.75) is 29.8 Å². The summed E-state index contributed by atoms with van der Waals surface area (Å²) in [5, 5.41) is 0. The third-order valence-electron chi connectivity index (χ3n) is 2.62. The van der Waals surface area contributed by atoms with Crippen molar-refractivity contribution in [3.05, 3.63) is 28.7 Å². The average Bonchev–Trinajstić information content (AvgIpc) is 2.15. The first-order chi connectivity index (χ1) is 7.47. The number of nitrogens with two attached hydrogens (primary N) is 1. The summed E-state index contributed by atoms with van der Waals surface area (Å²) in [5.41, 5.74) is 5.61. The fourth-order valence-electron chi connectivity index (χ4n) is 1.66. The van der Waals surface area contributed by atoms with E-state index in [-0.39, 0.29) is 17.0 Å². The first-order valence-electron chi connectivity index (χ1n) is 5.01. The molecule has 0 aliphatic heterocycles. The molecule has 0 unspecified atom stereocenters. The van der Waals surface area contributed by atoms with Crippen molar-refractivity contribution >= 4 is 26.0 Å². The van der Waals surface area contributed by atoms with Crippen molar-refractivity contribution in [3.63, 3.8) is 0 Å². The fraction of sp³-hybridized carbons (Fsp3) is 0.400. The molecule has 1 aliphatic carbocycles. The Balaban J connectivity index is 2.10. The van der Waals surface area contributed by atoms with Gasteiger partial charge in [-0.1, -0.05) is 15.9 Å². The topological polar surface area (TPSA) is 72.2 Å². The van der Waals surface area contributed by atoms with Gasteiger partial charge in [0.2, 0.25) is 10.0 Å². The molecule has 6 heteroatoms. The van der Waals surface area contributed by atoms with Gasteiger partial charge in [-0.2, -0.15) is 0 Å². The van der Waals surface area contributed by atoms with Gasteiger partial charge in [0, 0.05) is 16.6 Å². The second-order valence-corrected chi connectivity index (χ2v) is 6.63. The Kier molecular flexibility index (Phi) is 3.34. The molecule has 0 bridgehead atoms. The van der Waals surface area contributed by atoms with Crippen LogP contribution in [0, 0.1) is 0 Å². The number of rotatable bonds is 3. The van der Waals surface area contributed by atoms with E-state index in [1.807, 2.05) is 0 Å². The van der Waals surface area contributed by atoms with Gasteiger partial charge in [-0.05, 0) is 37.1 Å². The van der Waals surface area contributed by atoms with Crippen LogP contribution in [0.15, 0.2) is 33.6 Å². The van der Waals surface area contributed by atoms with Crippen LogP contribution in [0.1, 0.15) is 12.8 Å². The van der Waals surface area contributed by atoms with Crippen molar-refractivity contribution in [1.29, 1.82) is 0 Å². The maximum absolute atomic E-state index is 11.9. The molecule has 0 atom stereocenters. The van der Waals surface area contributed by atoms with Gasteiger partial charge in [-0.3, -0.25) is 0 Å². The van der Waals surface area contributed by atoms with Gasteiger partial charge >= 0.3 is 0 Å². The van der Waals surface area contributed by atoms with Crippen LogP contribution >= 0.6 is 15.9 Å². The highest BCUT2D eigenvalue weighted by Gasteiger charge is 2.30. The van der Waals surface area contributed by atoms with E-state index in [9.17, 15) is 8.42 Å². The number of sulfonamides is 1. The Morgan fingerprint density at radius 3 is 2.31 bits per heavy atom. The number of halogens is 1. The van der Waals surface area contributed by atoms with E-state index in [4.69, 9.17) is 5.73 Å². The zero-order chi connectivity index (χ0) is 11.8. The van der Waals surface area contributed by atoms with E-state index >= 15 is 0 Å². The molecule has 2 rings (SSSR count). The van der Waals surface area contributed by atoms with Gasteiger partial charge in [0.1, 0.15) is 0 Å². The molecule has 88 valence electrons. The highest BCUT2D eigenvalue weighted by molar-refractivity contribution is 9.10. The molecule has 4 nitrogen and oxygen atoms in total. The van der Waals surface area contributed by atoms with Crippen molar-refractivity contribution in [3.8, 4) is 0 Å². The lowest BCUT2D eigenvalue weighted by Gasteiger charge is -2.32. The molecule has 1 saturated carbocycles. The van der Waals surface area contributed by atoms with Crippen LogP contribution in [0.2, 0.25) is 0 Å². The minimum absolute atomic E-state index is 0.0105. The van der Waals surface area contributed by atoms with E-state index in [0.29, 0.717) is 0 Å². The number of benzene rings is 1. The highest BCUT2D eigenvalue weighted by Crippen LogP contribution is 2.21. The average molecular weight is 305 g/mol. The maximum Gasteiger partial charge on any atom is 0.240 e. The number of hydrogen-bond donors (Lipinski definition) is 2. The van der Waals surface area contributed by atoms with Gasteiger partial charge in [0.05, 0.1) is 4.90 Å². The predicted molar refractivity (Wildman–Crippen MR) is 65.5 cm³/mol. The van der Waals surface area contributed by atoms with Crippen molar-refractivity contribution < 1.29 is 8.42 Å². The van der Waals surface area contributed by atoms with Crippen LogP contribution in [0.25, 0.3) is 0 Å². The Bertz CT molecular complexity index is 466. The summed E-state index contributed by atoms with van der Waals surface area (Å²) < 4.78 is 27.3. The summed E-state index contributed by atoms with van der Waals surface area (Å²) in [6.45, 7) is 0. The van der Waals surface area contributed by atoms with Crippen LogP contribution in [-0.2, 0) is 10.0 Å². The Hall–Kier alpha value is -0.430. The van der Waals surface area contributed by atoms with Crippen LogP contribution in [-0.4, -0.2) is 20.5 Å². The molecule has 16 heavy (non-hydrogen) atoms. The first-order valence-corrected chi connectivity index (χ1v) is 7.28. The molecule has 0 radical (unpaired) electrons. The monoisotopic (exact) mass is 304 g/mol. The third-order valence-corrected chi connectivity index (χ3v) is 4.69. The molecular weight excluding hydrogens is 292 g/mol. The minimum Gasteiger partial charge on any atom is -0.328 e. The van der Waals surface area contributed by atoms with Gasteiger partial charge in [-0.15, -0.1) is 0 Å². The summed E-state index contributed by atoms with van der Waals surface area (Å²) >= 11 is 3.26. The van der Waals surface area contributed by atoms with Crippen molar-refractivity contribution in [2.75, 3.05) is 0 Å². The summed E-state index contributed by atoms with van der Waals surface area (Å²) in [7, 11) is -3.39. The molecule has 0 amide bonds. The summed E-state index contributed by atoms with van der Waals surface area (Å²) in [6, 6.07) is 6.69. The van der Waals surface area contributed by atoms with Gasteiger partial charge in [0.15, 0.2) is 0 Å². The second kappa shape index (κ2) is 4.44. The Labute approximate surface area is 103 Å². The normalized spacial score (nSPS) is 25.1. The summed E-state index contributed by atoms with van der Waals surface area (Å²) in [4.78, 5) is 0.288. The number of hydrogen-bond acceptors (Lipinski definition) is 3. The van der Waals surface area contributed by atoms with Crippen LogP contribution in [0.3, 0.4) is 0 Å². The smallest absolute Gasteiger partial charge is 0.240 e. The van der Waals surface area contributed by atoms with Gasteiger partial charge < -0.3 is 5.73 Å².